The third-order valence-electron chi connectivity index (χ3n) is 3.69. The molecule has 0 saturated heterocycles. The van der Waals surface area contributed by atoms with Crippen LogP contribution in [0, 0.1) is 5.82 Å². The van der Waals surface area contributed by atoms with Crippen molar-refractivity contribution >= 4 is 41.4 Å². The predicted octanol–water partition coefficient (Wildman–Crippen LogP) is 4.47. The molecule has 24 heavy (non-hydrogen) atoms. The summed E-state index contributed by atoms with van der Waals surface area (Å²) in [5, 5.41) is 1.61. The molecule has 1 atom stereocenters. The van der Waals surface area contributed by atoms with Crippen LogP contribution < -0.4 is 5.73 Å². The molecular formula is C18H17Cl2FN2O. The second kappa shape index (κ2) is 8.20. The number of nitrogens with zero attached hydrogens (tertiary/aromatic N) is 1. The van der Waals surface area contributed by atoms with Gasteiger partial charge in [-0.25, -0.2) is 4.39 Å². The number of nitrogens with two attached hydrogens (primary N) is 1. The maximum Gasteiger partial charge on any atom is 0.196 e. The van der Waals surface area contributed by atoms with Gasteiger partial charge in [0.05, 0.1) is 5.56 Å². The Morgan fingerprint density at radius 1 is 1.12 bits per heavy atom. The lowest BCUT2D eigenvalue weighted by Crippen LogP contribution is -2.09. The molecule has 0 aliphatic carbocycles. The second-order valence-electron chi connectivity index (χ2n) is 5.26. The van der Waals surface area contributed by atoms with Gasteiger partial charge in [0.15, 0.2) is 5.78 Å². The molecular weight excluding hydrogens is 350 g/mol. The Hall–Kier alpha value is -2.01. The molecule has 0 bridgehead atoms. The average Bonchev–Trinajstić information content (AvgIpc) is 2.53. The lowest BCUT2D eigenvalue weighted by Gasteiger charge is -2.09. The maximum absolute atomic E-state index is 14.3. The first kappa shape index (κ1) is 20.0. The fraction of sp³-hybridized carbons (Fsp3) is 0.111. The van der Waals surface area contributed by atoms with Gasteiger partial charge in [-0.05, 0) is 36.1 Å². The van der Waals surface area contributed by atoms with Crippen molar-refractivity contribution in [1.82, 2.24) is 4.98 Å². The van der Waals surface area contributed by atoms with E-state index in [0.29, 0.717) is 11.1 Å². The number of hydrogen-bond donors (Lipinski definition) is 1. The summed E-state index contributed by atoms with van der Waals surface area (Å²) >= 11 is 0. The number of pyridine rings is 1. The number of hydrogen-bond acceptors (Lipinski definition) is 3. The summed E-state index contributed by atoms with van der Waals surface area (Å²) in [6, 6.07) is 11.3. The first-order valence-electron chi connectivity index (χ1n) is 7.00. The Balaban J connectivity index is 0.00000144. The molecule has 3 nitrogen and oxygen atoms in total. The van der Waals surface area contributed by atoms with E-state index in [2.05, 4.69) is 4.98 Å². The van der Waals surface area contributed by atoms with Crippen molar-refractivity contribution in [2.24, 2.45) is 5.73 Å². The van der Waals surface area contributed by atoms with Gasteiger partial charge in [-0.3, -0.25) is 9.78 Å². The molecule has 3 rings (SSSR count). The van der Waals surface area contributed by atoms with E-state index in [9.17, 15) is 9.18 Å². The van der Waals surface area contributed by atoms with Gasteiger partial charge in [0.25, 0.3) is 0 Å². The van der Waals surface area contributed by atoms with Crippen LogP contribution in [0.15, 0.2) is 54.9 Å². The summed E-state index contributed by atoms with van der Waals surface area (Å²) in [5.41, 5.74) is 6.91. The van der Waals surface area contributed by atoms with E-state index in [-0.39, 0.29) is 42.2 Å². The number of rotatable bonds is 3. The zero-order valence-corrected chi connectivity index (χ0v) is 14.5. The zero-order valence-electron chi connectivity index (χ0n) is 12.9. The van der Waals surface area contributed by atoms with Crippen LogP contribution in [0.1, 0.15) is 34.5 Å². The molecule has 1 unspecified atom stereocenters. The van der Waals surface area contributed by atoms with Gasteiger partial charge in [-0.2, -0.15) is 0 Å². The number of fused-ring (bicyclic) bond motifs is 1. The fourth-order valence-corrected chi connectivity index (χ4v) is 2.46. The number of benzene rings is 2. The van der Waals surface area contributed by atoms with E-state index in [1.807, 2.05) is 6.07 Å². The maximum atomic E-state index is 14.3. The van der Waals surface area contributed by atoms with Gasteiger partial charge in [0, 0.05) is 29.4 Å². The highest BCUT2D eigenvalue weighted by Gasteiger charge is 2.17. The summed E-state index contributed by atoms with van der Waals surface area (Å²) in [4.78, 5) is 16.7. The largest absolute Gasteiger partial charge is 0.324 e. The van der Waals surface area contributed by atoms with E-state index in [0.717, 1.165) is 10.8 Å². The van der Waals surface area contributed by atoms with Crippen molar-refractivity contribution < 1.29 is 9.18 Å². The van der Waals surface area contributed by atoms with Crippen molar-refractivity contribution in [1.29, 1.82) is 0 Å². The molecule has 0 saturated carbocycles. The van der Waals surface area contributed by atoms with Crippen LogP contribution in [-0.4, -0.2) is 10.8 Å². The molecule has 6 heteroatoms. The minimum Gasteiger partial charge on any atom is -0.324 e. The van der Waals surface area contributed by atoms with Crippen LogP contribution in [-0.2, 0) is 0 Å². The van der Waals surface area contributed by atoms with E-state index in [4.69, 9.17) is 5.73 Å². The molecule has 0 radical (unpaired) electrons. The third-order valence-corrected chi connectivity index (χ3v) is 3.69. The van der Waals surface area contributed by atoms with Gasteiger partial charge in [-0.1, -0.05) is 24.3 Å². The lowest BCUT2D eigenvalue weighted by molar-refractivity contribution is 0.103. The summed E-state index contributed by atoms with van der Waals surface area (Å²) < 4.78 is 14.3. The lowest BCUT2D eigenvalue weighted by atomic mass is 9.96. The third kappa shape index (κ3) is 3.73. The van der Waals surface area contributed by atoms with Gasteiger partial charge in [0.2, 0.25) is 0 Å². The molecule has 1 aromatic heterocycles. The Morgan fingerprint density at radius 3 is 2.54 bits per heavy atom. The summed E-state index contributed by atoms with van der Waals surface area (Å²) in [7, 11) is 0. The minimum atomic E-state index is -0.550. The summed E-state index contributed by atoms with van der Waals surface area (Å²) in [5.74, 6) is -0.892. The van der Waals surface area contributed by atoms with Gasteiger partial charge in [0.1, 0.15) is 5.82 Å². The minimum absolute atomic E-state index is 0. The highest BCUT2D eigenvalue weighted by molar-refractivity contribution is 6.16. The fourth-order valence-electron chi connectivity index (χ4n) is 2.46. The molecule has 1 heterocycles. The Kier molecular flexibility index (Phi) is 6.84. The monoisotopic (exact) mass is 366 g/mol. The van der Waals surface area contributed by atoms with Crippen LogP contribution in [0.2, 0.25) is 0 Å². The normalized spacial score (nSPS) is 11.3. The van der Waals surface area contributed by atoms with Gasteiger partial charge < -0.3 is 5.73 Å². The first-order chi connectivity index (χ1) is 10.6. The molecule has 0 aliphatic heterocycles. The van der Waals surface area contributed by atoms with Crippen molar-refractivity contribution in [3.8, 4) is 0 Å². The van der Waals surface area contributed by atoms with Crippen LogP contribution in [0.5, 0.6) is 0 Å². The number of carbonyl (C=O) groups is 1. The van der Waals surface area contributed by atoms with E-state index in [1.165, 1.54) is 12.1 Å². The van der Waals surface area contributed by atoms with Crippen LogP contribution in [0.3, 0.4) is 0 Å². The standard InChI is InChI=1S/C18H15FN2O.2ClH/c1-11(20)12-5-6-16(17(19)9-12)18(22)15-4-2-3-13-10-21-8-7-14(13)15;;/h2-11H,20H2,1H3;2*1H. The molecule has 126 valence electrons. The molecule has 0 fully saturated rings. The summed E-state index contributed by atoms with van der Waals surface area (Å²) in [6.07, 6.45) is 3.30. The van der Waals surface area contributed by atoms with Crippen LogP contribution in [0.25, 0.3) is 10.8 Å². The number of aromatic nitrogens is 1. The number of ketones is 1. The van der Waals surface area contributed by atoms with Crippen molar-refractivity contribution in [3.63, 3.8) is 0 Å². The van der Waals surface area contributed by atoms with E-state index >= 15 is 0 Å². The highest BCUT2D eigenvalue weighted by atomic mass is 35.5. The topological polar surface area (TPSA) is 56.0 Å². The second-order valence-corrected chi connectivity index (χ2v) is 5.26. The quantitative estimate of drug-likeness (QED) is 0.695. The Labute approximate surface area is 151 Å². The first-order valence-corrected chi connectivity index (χ1v) is 7.00. The Bertz CT molecular complexity index is 863. The van der Waals surface area contributed by atoms with Crippen molar-refractivity contribution in [3.05, 3.63) is 77.4 Å². The molecule has 2 N–H and O–H groups in total. The molecule has 3 aromatic rings. The zero-order chi connectivity index (χ0) is 15.7. The molecule has 0 aliphatic rings. The van der Waals surface area contributed by atoms with Crippen LogP contribution >= 0.6 is 24.8 Å². The molecule has 0 spiro atoms. The number of halogens is 3. The molecule has 0 amide bonds. The Morgan fingerprint density at radius 2 is 1.88 bits per heavy atom. The highest BCUT2D eigenvalue weighted by Crippen LogP contribution is 2.23. The van der Waals surface area contributed by atoms with E-state index < -0.39 is 5.82 Å². The SMILES string of the molecule is CC(N)c1ccc(C(=O)c2cccc3cnccc23)c(F)c1.Cl.Cl. The predicted molar refractivity (Wildman–Crippen MR) is 98.7 cm³/mol. The van der Waals surface area contributed by atoms with Gasteiger partial charge >= 0.3 is 0 Å². The smallest absolute Gasteiger partial charge is 0.196 e. The van der Waals surface area contributed by atoms with Gasteiger partial charge in [-0.15, -0.1) is 24.8 Å². The summed E-state index contributed by atoms with van der Waals surface area (Å²) in [6.45, 7) is 1.77. The van der Waals surface area contributed by atoms with Crippen molar-refractivity contribution in [2.45, 2.75) is 13.0 Å². The molecule has 2 aromatic carbocycles. The number of carbonyl (C=O) groups excluding carboxylic acids is 1. The average molecular weight is 367 g/mol. The van der Waals surface area contributed by atoms with E-state index in [1.54, 1.807) is 43.6 Å². The van der Waals surface area contributed by atoms with Crippen molar-refractivity contribution in [2.75, 3.05) is 0 Å². The van der Waals surface area contributed by atoms with Crippen LogP contribution in [0.4, 0.5) is 4.39 Å².